The second kappa shape index (κ2) is 8.98. The van der Waals surface area contributed by atoms with Gasteiger partial charge in [-0.2, -0.15) is 0 Å². The summed E-state index contributed by atoms with van der Waals surface area (Å²) in [5.41, 5.74) is 1.65. The van der Waals surface area contributed by atoms with Gasteiger partial charge >= 0.3 is 6.09 Å². The molecule has 4 aromatic rings. The number of aryl methyl sites for hydroxylation is 1. The lowest BCUT2D eigenvalue weighted by atomic mass is 9.79. The fourth-order valence-corrected chi connectivity index (χ4v) is 7.96. The number of benzene rings is 3. The van der Waals surface area contributed by atoms with Gasteiger partial charge in [-0.15, -0.1) is 0 Å². The van der Waals surface area contributed by atoms with E-state index in [1.807, 2.05) is 6.92 Å². The van der Waals surface area contributed by atoms with Gasteiger partial charge in [0, 0.05) is 33.2 Å². The number of aromatic nitrogens is 1. The normalized spacial score (nSPS) is 20.3. The first-order chi connectivity index (χ1) is 18.7. The summed E-state index contributed by atoms with van der Waals surface area (Å²) in [6.45, 7) is 7.19. The van der Waals surface area contributed by atoms with E-state index in [0.29, 0.717) is 43.5 Å². The molecule has 208 valence electrons. The van der Waals surface area contributed by atoms with Crippen LogP contribution < -0.4 is 4.31 Å². The minimum absolute atomic E-state index is 0.0319. The smallest absolute Gasteiger partial charge is 0.419 e. The quantitative estimate of drug-likeness (QED) is 0.269. The van der Waals surface area contributed by atoms with Crippen LogP contribution in [-0.2, 0) is 20.2 Å². The number of carbonyl (C=O) groups excluding carboxylic acids is 1. The Labute approximate surface area is 242 Å². The van der Waals surface area contributed by atoms with E-state index >= 15 is 0 Å². The van der Waals surface area contributed by atoms with E-state index in [2.05, 4.69) is 0 Å². The second-order valence-corrected chi connectivity index (χ2v) is 14.3. The van der Waals surface area contributed by atoms with Gasteiger partial charge in [0.15, 0.2) is 0 Å². The highest BCUT2D eigenvalue weighted by molar-refractivity contribution is 7.92. The maximum absolute atomic E-state index is 14.1. The molecule has 0 amide bonds. The molecule has 0 bridgehead atoms. The maximum Gasteiger partial charge on any atom is 0.419 e. The van der Waals surface area contributed by atoms with E-state index in [1.165, 1.54) is 8.87 Å². The zero-order chi connectivity index (χ0) is 28.8. The SMILES string of the molecule is Cc1ccc(S(=O)(=O)N2C[C@]3(CC(O)c4c3n(C(=O)OC(C)(C)C)c3ccc(Cl)cc43)c3cc(Cl)ccc32)cc1. The number of rotatable bonds is 2. The number of hydrogen-bond donors (Lipinski definition) is 1. The van der Waals surface area contributed by atoms with Gasteiger partial charge in [0.25, 0.3) is 10.0 Å². The number of ether oxygens (including phenoxy) is 1. The molecule has 1 spiro atoms. The van der Waals surface area contributed by atoms with Crippen LogP contribution in [0.15, 0.2) is 65.6 Å². The number of carbonyl (C=O) groups is 1. The van der Waals surface area contributed by atoms with Crippen molar-refractivity contribution in [3.8, 4) is 0 Å². The van der Waals surface area contributed by atoms with Crippen molar-refractivity contribution in [3.05, 3.63) is 93.1 Å². The molecule has 0 fully saturated rings. The van der Waals surface area contributed by atoms with E-state index in [0.717, 1.165) is 5.56 Å². The van der Waals surface area contributed by atoms with Crippen LogP contribution in [0.5, 0.6) is 0 Å². The summed E-state index contributed by atoms with van der Waals surface area (Å²) >= 11 is 12.9. The Hall–Kier alpha value is -3.04. The molecule has 0 saturated carbocycles. The van der Waals surface area contributed by atoms with Crippen LogP contribution in [0.2, 0.25) is 10.0 Å². The number of hydrogen-bond acceptors (Lipinski definition) is 5. The molecule has 3 aromatic carbocycles. The maximum atomic E-state index is 14.1. The number of aliphatic hydroxyl groups excluding tert-OH is 1. The lowest BCUT2D eigenvalue weighted by molar-refractivity contribution is 0.0536. The topological polar surface area (TPSA) is 88.8 Å². The van der Waals surface area contributed by atoms with Gasteiger partial charge in [-0.1, -0.05) is 40.9 Å². The fraction of sp³-hybridized carbons (Fsp3) is 0.300. The molecule has 1 unspecified atom stereocenters. The van der Waals surface area contributed by atoms with Crippen LogP contribution >= 0.6 is 23.2 Å². The second-order valence-electron chi connectivity index (χ2n) is 11.5. The van der Waals surface area contributed by atoms with Crippen molar-refractivity contribution in [2.45, 2.75) is 56.1 Å². The Morgan fingerprint density at radius 2 is 1.68 bits per heavy atom. The molecular weight excluding hydrogens is 571 g/mol. The zero-order valence-electron chi connectivity index (χ0n) is 22.4. The molecule has 1 aliphatic carbocycles. The summed E-state index contributed by atoms with van der Waals surface area (Å²) in [5, 5.41) is 13.0. The van der Waals surface area contributed by atoms with Gasteiger partial charge in [-0.25, -0.2) is 17.8 Å². The molecular formula is C30H28Cl2N2O5S. The molecule has 1 aromatic heterocycles. The van der Waals surface area contributed by atoms with Gasteiger partial charge in [-0.3, -0.25) is 4.31 Å². The van der Waals surface area contributed by atoms with E-state index < -0.39 is 33.2 Å². The van der Waals surface area contributed by atoms with Crippen LogP contribution in [0.3, 0.4) is 0 Å². The third-order valence-electron chi connectivity index (χ3n) is 7.64. The standard InChI is InChI=1S/C30H28Cl2N2O5S/c1-17-5-9-20(10-6-17)40(37,38)33-16-30(22-14-19(32)8-12-24(22)33)15-25(35)26-21-13-18(31)7-11-23(21)34(27(26)30)28(36)39-29(2,3)4/h5-14,25,35H,15-16H2,1-4H3/t25?,30-/m1/s1. The van der Waals surface area contributed by atoms with Crippen LogP contribution in [0.4, 0.5) is 10.5 Å². The van der Waals surface area contributed by atoms with Crippen molar-refractivity contribution >= 4 is 55.9 Å². The Bertz CT molecular complexity index is 1810. The highest BCUT2D eigenvalue weighted by Crippen LogP contribution is 2.59. The summed E-state index contributed by atoms with van der Waals surface area (Å²) in [4.78, 5) is 14.0. The monoisotopic (exact) mass is 598 g/mol. The number of halogens is 2. The number of sulfonamides is 1. The zero-order valence-corrected chi connectivity index (χ0v) is 24.7. The van der Waals surface area contributed by atoms with Gasteiger partial charge in [-0.05, 0) is 88.2 Å². The third kappa shape index (κ3) is 4.04. The highest BCUT2D eigenvalue weighted by Gasteiger charge is 2.57. The molecule has 0 radical (unpaired) electrons. The first-order valence-corrected chi connectivity index (χ1v) is 15.1. The fourth-order valence-electron chi connectivity index (χ4n) is 6.08. The first-order valence-electron chi connectivity index (χ1n) is 12.9. The largest absolute Gasteiger partial charge is 0.443 e. The van der Waals surface area contributed by atoms with Crippen LogP contribution in [-0.4, -0.2) is 36.3 Å². The molecule has 6 rings (SSSR count). The van der Waals surface area contributed by atoms with E-state index in [-0.39, 0.29) is 17.9 Å². The Morgan fingerprint density at radius 3 is 2.35 bits per heavy atom. The predicted molar refractivity (Wildman–Crippen MR) is 156 cm³/mol. The molecule has 0 saturated heterocycles. The molecule has 2 heterocycles. The first kappa shape index (κ1) is 27.1. The lowest BCUT2D eigenvalue weighted by Crippen LogP contribution is -2.39. The Morgan fingerprint density at radius 1 is 1.02 bits per heavy atom. The molecule has 2 aliphatic rings. The summed E-state index contributed by atoms with van der Waals surface area (Å²) in [6.07, 6.45) is -1.47. The van der Waals surface area contributed by atoms with Crippen molar-refractivity contribution in [2.24, 2.45) is 0 Å². The average molecular weight is 600 g/mol. The van der Waals surface area contributed by atoms with Gasteiger partial charge in [0.1, 0.15) is 5.60 Å². The molecule has 7 nitrogen and oxygen atoms in total. The van der Waals surface area contributed by atoms with Crippen molar-refractivity contribution in [1.82, 2.24) is 4.57 Å². The minimum atomic E-state index is -4.00. The number of fused-ring (bicyclic) bond motifs is 6. The predicted octanol–water partition coefficient (Wildman–Crippen LogP) is 6.97. The number of nitrogens with zero attached hydrogens (tertiary/aromatic N) is 2. The van der Waals surface area contributed by atoms with Gasteiger partial charge in [0.05, 0.1) is 27.6 Å². The summed E-state index contributed by atoms with van der Waals surface area (Å²) in [6, 6.07) is 16.8. The van der Waals surface area contributed by atoms with Crippen molar-refractivity contribution in [1.29, 1.82) is 0 Å². The summed E-state index contributed by atoms with van der Waals surface area (Å²) in [5.74, 6) is 0. The van der Waals surface area contributed by atoms with E-state index in [9.17, 15) is 18.3 Å². The minimum Gasteiger partial charge on any atom is -0.443 e. The molecule has 40 heavy (non-hydrogen) atoms. The Kier molecular flexibility index (Phi) is 6.09. The van der Waals surface area contributed by atoms with Gasteiger partial charge in [0.2, 0.25) is 0 Å². The van der Waals surface area contributed by atoms with Crippen LogP contribution in [0, 0.1) is 6.92 Å². The Balaban J connectivity index is 1.64. The average Bonchev–Trinajstić information content (AvgIpc) is 3.47. The summed E-state index contributed by atoms with van der Waals surface area (Å²) in [7, 11) is -4.00. The van der Waals surface area contributed by atoms with Gasteiger partial charge < -0.3 is 9.84 Å². The van der Waals surface area contributed by atoms with E-state index in [4.69, 9.17) is 27.9 Å². The van der Waals surface area contributed by atoms with E-state index in [1.54, 1.807) is 81.4 Å². The summed E-state index contributed by atoms with van der Waals surface area (Å²) < 4.78 is 36.8. The van der Waals surface area contributed by atoms with Crippen molar-refractivity contribution in [2.75, 3.05) is 10.8 Å². The highest BCUT2D eigenvalue weighted by atomic mass is 35.5. The van der Waals surface area contributed by atoms with Crippen molar-refractivity contribution < 1.29 is 23.1 Å². The van der Waals surface area contributed by atoms with Crippen LogP contribution in [0.25, 0.3) is 10.9 Å². The number of anilines is 1. The number of aliphatic hydroxyl groups is 1. The molecule has 10 heteroatoms. The molecule has 1 N–H and O–H groups in total. The lowest BCUT2D eigenvalue weighted by Gasteiger charge is -2.29. The molecule has 2 atom stereocenters. The van der Waals surface area contributed by atoms with Crippen molar-refractivity contribution in [3.63, 3.8) is 0 Å². The third-order valence-corrected chi connectivity index (χ3v) is 9.88. The van der Waals surface area contributed by atoms with Crippen LogP contribution in [0.1, 0.15) is 55.7 Å². The molecule has 1 aliphatic heterocycles.